The van der Waals surface area contributed by atoms with Gasteiger partial charge in [0, 0.05) is 12.0 Å². The molecule has 1 aliphatic rings. The molecular formula is C15H23BCl2FNO3. The van der Waals surface area contributed by atoms with Crippen LogP contribution in [0.5, 0.6) is 5.75 Å². The van der Waals surface area contributed by atoms with E-state index in [9.17, 15) is 4.39 Å². The van der Waals surface area contributed by atoms with Gasteiger partial charge in [-0.1, -0.05) is 11.6 Å². The van der Waals surface area contributed by atoms with Crippen LogP contribution in [0.1, 0.15) is 34.1 Å². The zero-order valence-corrected chi connectivity index (χ0v) is 15.3. The third kappa shape index (κ3) is 4.73. The van der Waals surface area contributed by atoms with Crippen LogP contribution in [-0.4, -0.2) is 30.9 Å². The Bertz CT molecular complexity index is 529. The number of nitrogens with two attached hydrogens (primary N) is 1. The third-order valence-corrected chi connectivity index (χ3v) is 4.54. The van der Waals surface area contributed by atoms with Crippen LogP contribution in [0.3, 0.4) is 0 Å². The number of ether oxygens (including phenoxy) is 1. The number of hydrogen-bond donors (Lipinski definition) is 1. The third-order valence-electron chi connectivity index (χ3n) is 4.23. The van der Waals surface area contributed by atoms with Gasteiger partial charge >= 0.3 is 7.12 Å². The molecule has 1 aromatic rings. The van der Waals surface area contributed by atoms with Crippen molar-refractivity contribution in [3.8, 4) is 5.75 Å². The number of halogens is 3. The second-order valence-electron chi connectivity index (χ2n) is 6.50. The molecule has 0 aliphatic carbocycles. The standard InChI is InChI=1S/C15H22BClFNO3.ClH/c1-14(2)15(3,4)22-16(21-14)13(19)7-8-20-10-5-6-11(17)12(18)9-10;/h5-6,9,13H,7-8,19H2,1-4H3;1H. The molecular weight excluding hydrogens is 343 g/mol. The van der Waals surface area contributed by atoms with Gasteiger partial charge in [-0.15, -0.1) is 12.4 Å². The van der Waals surface area contributed by atoms with Gasteiger partial charge in [0.15, 0.2) is 0 Å². The highest BCUT2D eigenvalue weighted by Crippen LogP contribution is 2.37. The fraction of sp³-hybridized carbons (Fsp3) is 0.600. The highest BCUT2D eigenvalue weighted by atomic mass is 35.5. The molecule has 1 fully saturated rings. The van der Waals surface area contributed by atoms with E-state index in [4.69, 9.17) is 31.4 Å². The number of rotatable bonds is 5. The smallest absolute Gasteiger partial charge is 0.475 e. The van der Waals surface area contributed by atoms with Crippen LogP contribution in [0.25, 0.3) is 0 Å². The second-order valence-corrected chi connectivity index (χ2v) is 6.91. The molecule has 1 unspecified atom stereocenters. The Morgan fingerprint density at radius 1 is 1.26 bits per heavy atom. The van der Waals surface area contributed by atoms with Crippen molar-refractivity contribution in [2.75, 3.05) is 6.61 Å². The van der Waals surface area contributed by atoms with Crippen molar-refractivity contribution in [3.63, 3.8) is 0 Å². The lowest BCUT2D eigenvalue weighted by Gasteiger charge is -2.32. The molecule has 0 saturated carbocycles. The molecule has 1 aromatic carbocycles. The first kappa shape index (κ1) is 20.5. The van der Waals surface area contributed by atoms with E-state index in [1.165, 1.54) is 12.1 Å². The van der Waals surface area contributed by atoms with Crippen LogP contribution in [0.15, 0.2) is 18.2 Å². The van der Waals surface area contributed by atoms with Crippen LogP contribution >= 0.6 is 24.0 Å². The van der Waals surface area contributed by atoms with Gasteiger partial charge in [-0.3, -0.25) is 0 Å². The van der Waals surface area contributed by atoms with Crippen molar-refractivity contribution < 1.29 is 18.4 Å². The average molecular weight is 366 g/mol. The fourth-order valence-corrected chi connectivity index (χ4v) is 2.20. The normalized spacial score (nSPS) is 20.0. The minimum Gasteiger partial charge on any atom is -0.493 e. The fourth-order valence-electron chi connectivity index (χ4n) is 2.08. The molecule has 8 heteroatoms. The van der Waals surface area contributed by atoms with E-state index in [-0.39, 0.29) is 23.4 Å². The number of hydrogen-bond acceptors (Lipinski definition) is 4. The Morgan fingerprint density at radius 3 is 2.35 bits per heavy atom. The highest BCUT2D eigenvalue weighted by Gasteiger charge is 2.52. The average Bonchev–Trinajstić information content (AvgIpc) is 2.63. The molecule has 0 spiro atoms. The SMILES string of the molecule is CC1(C)OB(C(N)CCOc2ccc(Cl)c(F)c2)OC1(C)C.Cl. The van der Waals surface area contributed by atoms with Gasteiger partial charge in [-0.2, -0.15) is 0 Å². The van der Waals surface area contributed by atoms with Crippen molar-refractivity contribution in [2.45, 2.75) is 51.3 Å². The number of benzene rings is 1. The van der Waals surface area contributed by atoms with Gasteiger partial charge in [0.05, 0.1) is 22.8 Å². The molecule has 0 bridgehead atoms. The van der Waals surface area contributed by atoms with Crippen molar-refractivity contribution in [1.82, 2.24) is 0 Å². The Balaban J connectivity index is 0.00000264. The first-order valence-corrected chi connectivity index (χ1v) is 7.69. The summed E-state index contributed by atoms with van der Waals surface area (Å²) in [6, 6.07) is 4.33. The predicted molar refractivity (Wildman–Crippen MR) is 92.8 cm³/mol. The van der Waals surface area contributed by atoms with Crippen molar-refractivity contribution in [1.29, 1.82) is 0 Å². The zero-order valence-electron chi connectivity index (χ0n) is 13.8. The monoisotopic (exact) mass is 365 g/mol. The summed E-state index contributed by atoms with van der Waals surface area (Å²) in [4.78, 5) is 0. The Morgan fingerprint density at radius 2 is 1.83 bits per heavy atom. The molecule has 2 N–H and O–H groups in total. The molecule has 4 nitrogen and oxygen atoms in total. The van der Waals surface area contributed by atoms with E-state index in [0.29, 0.717) is 18.8 Å². The van der Waals surface area contributed by atoms with Crippen molar-refractivity contribution in [3.05, 3.63) is 29.0 Å². The zero-order chi connectivity index (χ0) is 16.5. The van der Waals surface area contributed by atoms with Gasteiger partial charge in [0.1, 0.15) is 11.6 Å². The lowest BCUT2D eigenvalue weighted by atomic mass is 9.77. The molecule has 0 amide bonds. The Kier molecular flexibility index (Phi) is 6.76. The topological polar surface area (TPSA) is 53.7 Å². The van der Waals surface area contributed by atoms with Crippen LogP contribution in [-0.2, 0) is 9.31 Å². The lowest BCUT2D eigenvalue weighted by Crippen LogP contribution is -2.42. The summed E-state index contributed by atoms with van der Waals surface area (Å²) in [7, 11) is -0.476. The molecule has 0 radical (unpaired) electrons. The first-order valence-electron chi connectivity index (χ1n) is 7.31. The predicted octanol–water partition coefficient (Wildman–Crippen LogP) is 3.63. The van der Waals surface area contributed by atoms with Crippen molar-refractivity contribution in [2.24, 2.45) is 5.73 Å². The molecule has 1 aliphatic heterocycles. The molecule has 2 rings (SSSR count). The van der Waals surface area contributed by atoms with Gasteiger partial charge in [-0.25, -0.2) is 4.39 Å². The van der Waals surface area contributed by atoms with E-state index in [1.54, 1.807) is 6.07 Å². The lowest BCUT2D eigenvalue weighted by molar-refractivity contribution is 0.00578. The maximum absolute atomic E-state index is 13.3. The molecule has 1 saturated heterocycles. The molecule has 23 heavy (non-hydrogen) atoms. The van der Waals surface area contributed by atoms with Crippen LogP contribution < -0.4 is 10.5 Å². The highest BCUT2D eigenvalue weighted by molar-refractivity contribution is 6.47. The van der Waals surface area contributed by atoms with Gasteiger partial charge in [0.25, 0.3) is 0 Å². The summed E-state index contributed by atoms with van der Waals surface area (Å²) in [6.07, 6.45) is 0.529. The van der Waals surface area contributed by atoms with E-state index in [2.05, 4.69) is 0 Å². The summed E-state index contributed by atoms with van der Waals surface area (Å²) in [5.74, 6) is -0.407. The summed E-state index contributed by atoms with van der Waals surface area (Å²) in [6.45, 7) is 8.26. The van der Waals surface area contributed by atoms with Crippen LogP contribution in [0.2, 0.25) is 5.02 Å². The Hall–Kier alpha value is -0.525. The minimum atomic E-state index is -0.505. The van der Waals surface area contributed by atoms with Crippen molar-refractivity contribution >= 4 is 31.1 Å². The maximum atomic E-state index is 13.3. The second kappa shape index (κ2) is 7.57. The minimum absolute atomic E-state index is 0. The van der Waals surface area contributed by atoms with Gasteiger partial charge in [0.2, 0.25) is 0 Å². The van der Waals surface area contributed by atoms with Gasteiger partial charge in [-0.05, 0) is 46.2 Å². The van der Waals surface area contributed by atoms with E-state index in [1.807, 2.05) is 27.7 Å². The summed E-state index contributed by atoms with van der Waals surface area (Å²) in [5, 5.41) is 0.0706. The summed E-state index contributed by atoms with van der Waals surface area (Å²) >= 11 is 5.62. The summed E-state index contributed by atoms with van der Waals surface area (Å²) < 4.78 is 30.6. The molecule has 1 atom stereocenters. The van der Waals surface area contributed by atoms with Gasteiger partial charge < -0.3 is 19.8 Å². The Labute approximate surface area is 148 Å². The quantitative estimate of drug-likeness (QED) is 0.809. The van der Waals surface area contributed by atoms with E-state index in [0.717, 1.165) is 0 Å². The first-order chi connectivity index (χ1) is 10.1. The summed E-state index contributed by atoms with van der Waals surface area (Å²) in [5.41, 5.74) is 5.30. The van der Waals surface area contributed by atoms with Crippen LogP contribution in [0, 0.1) is 5.82 Å². The largest absolute Gasteiger partial charge is 0.493 e. The van der Waals surface area contributed by atoms with E-state index < -0.39 is 24.1 Å². The van der Waals surface area contributed by atoms with Crippen LogP contribution in [0.4, 0.5) is 4.39 Å². The molecule has 0 aromatic heterocycles. The molecule has 1 heterocycles. The molecule has 130 valence electrons. The van der Waals surface area contributed by atoms with E-state index >= 15 is 0 Å². The maximum Gasteiger partial charge on any atom is 0.475 e.